The molecule has 5 heteroatoms. The molecule has 14 heavy (non-hydrogen) atoms. The van der Waals surface area contributed by atoms with Gasteiger partial charge in [-0.3, -0.25) is 4.99 Å². The van der Waals surface area contributed by atoms with Gasteiger partial charge in [0.05, 0.1) is 0 Å². The quantitative estimate of drug-likeness (QED) is 0.549. The van der Waals surface area contributed by atoms with E-state index in [1.165, 1.54) is 18.0 Å². The number of rotatable bonds is 1. The molecule has 0 amide bonds. The van der Waals surface area contributed by atoms with Crippen LogP contribution in [0.3, 0.4) is 0 Å². The lowest BCUT2D eigenvalue weighted by atomic mass is 10.4. The molecule has 0 bridgehead atoms. The second-order valence-electron chi connectivity index (χ2n) is 2.93. The number of aliphatic imine (C=N–C) groups is 1. The highest BCUT2D eigenvalue weighted by atomic mass is 32.2. The fraction of sp³-hybridized carbons (Fsp3) is 0.333. The Hall–Kier alpha value is -1.23. The van der Waals surface area contributed by atoms with Crippen LogP contribution in [0.2, 0.25) is 0 Å². The van der Waals surface area contributed by atoms with Crippen molar-refractivity contribution in [3.05, 3.63) is 29.6 Å². The van der Waals surface area contributed by atoms with E-state index in [1.807, 2.05) is 6.07 Å². The Kier molecular flexibility index (Phi) is 2.88. The molecule has 2 heterocycles. The average Bonchev–Trinajstić information content (AvgIpc) is 2.23. The van der Waals surface area contributed by atoms with Crippen LogP contribution in [-0.2, 0) is 0 Å². The summed E-state index contributed by atoms with van der Waals surface area (Å²) in [4.78, 5) is 4.28. The van der Waals surface area contributed by atoms with Gasteiger partial charge >= 0.3 is 0 Å². The van der Waals surface area contributed by atoms with Crippen LogP contribution in [0.1, 0.15) is 6.42 Å². The molecule has 4 nitrogen and oxygen atoms in total. The Morgan fingerprint density at radius 3 is 3.14 bits per heavy atom. The number of hydrogen-bond donors (Lipinski definition) is 1. The van der Waals surface area contributed by atoms with Gasteiger partial charge in [-0.1, -0.05) is 0 Å². The Balaban J connectivity index is 2.10. The van der Waals surface area contributed by atoms with Crippen molar-refractivity contribution in [1.29, 1.82) is 0 Å². The summed E-state index contributed by atoms with van der Waals surface area (Å²) in [6, 6.07) is 5.35. The van der Waals surface area contributed by atoms with Gasteiger partial charge in [0.2, 0.25) is 0 Å². The third kappa shape index (κ3) is 2.17. The number of amidine groups is 1. The Labute approximate surface area is 86.6 Å². The maximum absolute atomic E-state index is 11.3. The summed E-state index contributed by atoms with van der Waals surface area (Å²) in [5.74, 6) is 0. The van der Waals surface area contributed by atoms with E-state index in [1.54, 1.807) is 12.1 Å². The number of aromatic nitrogens is 1. The van der Waals surface area contributed by atoms with Crippen LogP contribution in [0, 0.1) is 5.21 Å². The monoisotopic (exact) mass is 209 g/mol. The highest BCUT2D eigenvalue weighted by Crippen LogP contribution is 2.14. The molecule has 2 rings (SSSR count). The molecule has 1 N–H and O–H groups in total. The van der Waals surface area contributed by atoms with E-state index in [2.05, 4.69) is 10.3 Å². The van der Waals surface area contributed by atoms with Gasteiger partial charge in [-0.05, 0) is 12.5 Å². The highest BCUT2D eigenvalue weighted by molar-refractivity contribution is 8.13. The van der Waals surface area contributed by atoms with Crippen LogP contribution in [0.4, 0.5) is 0 Å². The predicted octanol–water partition coefficient (Wildman–Crippen LogP) is 0.761. The van der Waals surface area contributed by atoms with Gasteiger partial charge < -0.3 is 10.5 Å². The minimum atomic E-state index is 0.653. The summed E-state index contributed by atoms with van der Waals surface area (Å²) in [7, 11) is 0. The van der Waals surface area contributed by atoms with Gasteiger partial charge in [0.25, 0.3) is 5.03 Å². The van der Waals surface area contributed by atoms with Gasteiger partial charge in [0, 0.05) is 37.0 Å². The zero-order chi connectivity index (χ0) is 9.80. The van der Waals surface area contributed by atoms with Crippen molar-refractivity contribution in [2.24, 2.45) is 4.99 Å². The lowest BCUT2D eigenvalue weighted by molar-refractivity contribution is -0.645. The van der Waals surface area contributed by atoms with Crippen LogP contribution < -0.4 is 10.0 Å². The number of nitrogens with zero attached hydrogens (tertiary/aromatic N) is 2. The zero-order valence-electron chi connectivity index (χ0n) is 7.64. The summed E-state index contributed by atoms with van der Waals surface area (Å²) in [5.41, 5.74) is 0. The molecule has 1 aromatic heterocycles. The standard InChI is InChI=1S/C9H11N3OS/c13-12-7-2-1-4-8(12)14-9-10-5-3-6-11-9/h1-2,4,7H,3,5-6H2,(H,10,11). The number of thioether (sulfide) groups is 1. The second kappa shape index (κ2) is 4.32. The van der Waals surface area contributed by atoms with E-state index in [-0.39, 0.29) is 0 Å². The lowest BCUT2D eigenvalue weighted by Gasteiger charge is -2.12. The molecule has 0 saturated carbocycles. The fourth-order valence-corrected chi connectivity index (χ4v) is 2.00. The first-order chi connectivity index (χ1) is 6.86. The van der Waals surface area contributed by atoms with E-state index >= 15 is 0 Å². The van der Waals surface area contributed by atoms with E-state index in [0.717, 1.165) is 29.4 Å². The van der Waals surface area contributed by atoms with Crippen molar-refractivity contribution in [3.8, 4) is 0 Å². The minimum Gasteiger partial charge on any atom is -0.618 e. The van der Waals surface area contributed by atoms with Crippen LogP contribution in [-0.4, -0.2) is 18.3 Å². The molecule has 1 aromatic rings. The summed E-state index contributed by atoms with van der Waals surface area (Å²) in [6.07, 6.45) is 2.56. The van der Waals surface area contributed by atoms with E-state index < -0.39 is 0 Å². The molecular weight excluding hydrogens is 198 g/mol. The molecule has 74 valence electrons. The van der Waals surface area contributed by atoms with E-state index in [0.29, 0.717) is 5.03 Å². The average molecular weight is 209 g/mol. The Bertz CT molecular complexity index is 354. The maximum Gasteiger partial charge on any atom is 0.259 e. The molecule has 0 spiro atoms. The lowest BCUT2D eigenvalue weighted by Crippen LogP contribution is -2.32. The van der Waals surface area contributed by atoms with Gasteiger partial charge in [-0.15, -0.1) is 0 Å². The van der Waals surface area contributed by atoms with Crippen molar-refractivity contribution in [2.45, 2.75) is 11.4 Å². The highest BCUT2D eigenvalue weighted by Gasteiger charge is 2.11. The van der Waals surface area contributed by atoms with Crippen molar-refractivity contribution in [3.63, 3.8) is 0 Å². The molecule has 0 saturated heterocycles. The topological polar surface area (TPSA) is 51.3 Å². The van der Waals surface area contributed by atoms with Gasteiger partial charge in [-0.2, -0.15) is 4.73 Å². The molecule has 0 aromatic carbocycles. The Morgan fingerprint density at radius 2 is 2.43 bits per heavy atom. The van der Waals surface area contributed by atoms with Crippen LogP contribution in [0.25, 0.3) is 0 Å². The summed E-state index contributed by atoms with van der Waals surface area (Å²) >= 11 is 1.38. The van der Waals surface area contributed by atoms with Gasteiger partial charge in [-0.25, -0.2) is 0 Å². The zero-order valence-corrected chi connectivity index (χ0v) is 8.46. The summed E-state index contributed by atoms with van der Waals surface area (Å²) in [6.45, 7) is 1.79. The number of nitrogens with one attached hydrogen (secondary N) is 1. The predicted molar refractivity (Wildman–Crippen MR) is 56.2 cm³/mol. The van der Waals surface area contributed by atoms with E-state index in [4.69, 9.17) is 0 Å². The molecule has 1 aliphatic rings. The molecule has 1 aliphatic heterocycles. The third-order valence-corrected chi connectivity index (χ3v) is 2.85. The van der Waals surface area contributed by atoms with Crippen molar-refractivity contribution >= 4 is 16.9 Å². The first kappa shape index (κ1) is 9.33. The van der Waals surface area contributed by atoms with Crippen LogP contribution in [0.5, 0.6) is 0 Å². The van der Waals surface area contributed by atoms with Crippen molar-refractivity contribution in [1.82, 2.24) is 5.32 Å². The minimum absolute atomic E-state index is 0.653. The number of pyridine rings is 1. The molecule has 0 aliphatic carbocycles. The molecular formula is C9H11N3OS. The van der Waals surface area contributed by atoms with Crippen molar-refractivity contribution < 1.29 is 4.73 Å². The van der Waals surface area contributed by atoms with E-state index in [9.17, 15) is 5.21 Å². The molecule has 0 radical (unpaired) electrons. The maximum atomic E-state index is 11.3. The van der Waals surface area contributed by atoms with Crippen molar-refractivity contribution in [2.75, 3.05) is 13.1 Å². The largest absolute Gasteiger partial charge is 0.618 e. The van der Waals surface area contributed by atoms with Gasteiger partial charge in [0.15, 0.2) is 11.4 Å². The normalized spacial score (nSPS) is 15.9. The van der Waals surface area contributed by atoms with Crippen LogP contribution in [0.15, 0.2) is 34.4 Å². The first-order valence-corrected chi connectivity index (χ1v) is 5.32. The number of hydrogen-bond acceptors (Lipinski definition) is 4. The smallest absolute Gasteiger partial charge is 0.259 e. The van der Waals surface area contributed by atoms with Gasteiger partial charge in [0.1, 0.15) is 0 Å². The summed E-state index contributed by atoms with van der Waals surface area (Å²) in [5, 5.41) is 16.0. The summed E-state index contributed by atoms with van der Waals surface area (Å²) < 4.78 is 0.851. The second-order valence-corrected chi connectivity index (χ2v) is 3.94. The Morgan fingerprint density at radius 1 is 1.50 bits per heavy atom. The SMILES string of the molecule is [O-][n+]1ccccc1SC1=NCCCN1. The third-order valence-electron chi connectivity index (χ3n) is 1.86. The molecule has 0 atom stereocenters. The fourth-order valence-electron chi connectivity index (χ4n) is 1.17. The molecule has 0 unspecified atom stereocenters. The molecule has 0 fully saturated rings. The van der Waals surface area contributed by atoms with Crippen LogP contribution >= 0.6 is 11.8 Å². The first-order valence-electron chi connectivity index (χ1n) is 4.50.